The molecule has 1 rings (SSSR count). The van der Waals surface area contributed by atoms with Crippen LogP contribution >= 0.6 is 0 Å². The summed E-state index contributed by atoms with van der Waals surface area (Å²) in [5.74, 6) is 0. The molecule has 0 aromatic heterocycles. The summed E-state index contributed by atoms with van der Waals surface area (Å²) >= 11 is 0. The quantitative estimate of drug-likeness (QED) is 0.392. The minimum atomic E-state index is -0.0653. The van der Waals surface area contributed by atoms with E-state index in [2.05, 4.69) is 5.16 Å². The second kappa shape index (κ2) is 3.89. The third kappa shape index (κ3) is 1.82. The fraction of sp³-hybridized carbons (Fsp3) is 0. The van der Waals surface area contributed by atoms with E-state index < -0.39 is 0 Å². The predicted molar refractivity (Wildman–Crippen MR) is 45.1 cm³/mol. The van der Waals surface area contributed by atoms with Crippen LogP contribution in [0.3, 0.4) is 0 Å². The molecule has 0 amide bonds. The van der Waals surface area contributed by atoms with Crippen molar-refractivity contribution in [2.45, 2.75) is 0 Å². The number of rotatable bonds is 1. The second-order valence-electron chi connectivity index (χ2n) is 2.25. The number of benzene rings is 1. The largest absolute Gasteiger partial charge is 0.410 e. The van der Waals surface area contributed by atoms with Crippen molar-refractivity contribution in [3.8, 4) is 12.1 Å². The minimum Gasteiger partial charge on any atom is -0.410 e. The van der Waals surface area contributed by atoms with E-state index in [9.17, 15) is 0 Å². The molecule has 0 radical (unpaired) electrons. The normalized spacial score (nSPS) is 10.2. The summed E-state index contributed by atoms with van der Waals surface area (Å²) in [7, 11) is 0. The molecule has 4 heteroatoms. The first kappa shape index (κ1) is 8.76. The molecular formula is C9H5N3O. The van der Waals surface area contributed by atoms with Gasteiger partial charge in [-0.05, 0) is 12.1 Å². The van der Waals surface area contributed by atoms with Gasteiger partial charge in [-0.2, -0.15) is 10.5 Å². The van der Waals surface area contributed by atoms with Crippen LogP contribution in [-0.4, -0.2) is 10.9 Å². The average molecular weight is 171 g/mol. The Morgan fingerprint density at radius 1 is 1.23 bits per heavy atom. The van der Waals surface area contributed by atoms with Gasteiger partial charge >= 0.3 is 0 Å². The van der Waals surface area contributed by atoms with Crippen LogP contribution in [0.15, 0.2) is 29.4 Å². The highest BCUT2D eigenvalue weighted by atomic mass is 16.4. The Balaban J connectivity index is 3.08. The zero-order valence-electron chi connectivity index (χ0n) is 6.60. The molecule has 62 valence electrons. The maximum Gasteiger partial charge on any atom is 0.186 e. The van der Waals surface area contributed by atoms with Gasteiger partial charge in [0, 0.05) is 5.56 Å². The van der Waals surface area contributed by atoms with Crippen LogP contribution in [0.25, 0.3) is 0 Å². The smallest absolute Gasteiger partial charge is 0.186 e. The van der Waals surface area contributed by atoms with Crippen molar-refractivity contribution in [3.63, 3.8) is 0 Å². The summed E-state index contributed by atoms with van der Waals surface area (Å²) in [6.07, 6.45) is 0. The molecule has 0 saturated heterocycles. The van der Waals surface area contributed by atoms with Gasteiger partial charge in [0.25, 0.3) is 0 Å². The monoisotopic (exact) mass is 171 g/mol. The van der Waals surface area contributed by atoms with Gasteiger partial charge in [-0.15, -0.1) is 0 Å². The third-order valence-electron chi connectivity index (χ3n) is 1.49. The molecule has 0 atom stereocenters. The molecule has 4 nitrogen and oxygen atoms in total. The lowest BCUT2D eigenvalue weighted by Gasteiger charge is -1.94. The van der Waals surface area contributed by atoms with Crippen molar-refractivity contribution in [3.05, 3.63) is 35.4 Å². The fourth-order valence-corrected chi connectivity index (χ4v) is 0.847. The molecule has 0 aliphatic carbocycles. The third-order valence-corrected chi connectivity index (χ3v) is 1.49. The van der Waals surface area contributed by atoms with E-state index in [1.165, 1.54) is 0 Å². The van der Waals surface area contributed by atoms with Gasteiger partial charge in [-0.1, -0.05) is 17.3 Å². The van der Waals surface area contributed by atoms with Crippen LogP contribution < -0.4 is 0 Å². The Kier molecular flexibility index (Phi) is 2.62. The SMILES string of the molecule is N#CC(=NO)c1ccc(C#N)cc1. The van der Waals surface area contributed by atoms with E-state index in [1.807, 2.05) is 6.07 Å². The molecule has 1 N–H and O–H groups in total. The number of nitrogens with zero attached hydrogens (tertiary/aromatic N) is 3. The predicted octanol–water partition coefficient (Wildman–Crippen LogP) is 1.26. The van der Waals surface area contributed by atoms with Crippen LogP contribution in [-0.2, 0) is 0 Å². The zero-order valence-corrected chi connectivity index (χ0v) is 6.60. The fourth-order valence-electron chi connectivity index (χ4n) is 0.847. The highest BCUT2D eigenvalue weighted by molar-refractivity contribution is 6.11. The zero-order chi connectivity index (χ0) is 9.68. The summed E-state index contributed by atoms with van der Waals surface area (Å²) in [4.78, 5) is 0. The summed E-state index contributed by atoms with van der Waals surface area (Å²) < 4.78 is 0. The van der Waals surface area contributed by atoms with E-state index in [0.29, 0.717) is 11.1 Å². The standard InChI is InChI=1S/C9H5N3O/c10-5-7-1-3-8(4-2-7)9(6-11)12-13/h1-4,13H. The van der Waals surface area contributed by atoms with Gasteiger partial charge in [0.15, 0.2) is 5.71 Å². The van der Waals surface area contributed by atoms with E-state index in [4.69, 9.17) is 15.7 Å². The number of nitriles is 2. The summed E-state index contributed by atoms with van der Waals surface area (Å²) in [6, 6.07) is 9.88. The number of hydrogen-bond acceptors (Lipinski definition) is 4. The Morgan fingerprint density at radius 3 is 2.23 bits per heavy atom. The molecule has 0 bridgehead atoms. The van der Waals surface area contributed by atoms with Crippen LogP contribution in [0.2, 0.25) is 0 Å². The Hall–Kier alpha value is -2.33. The van der Waals surface area contributed by atoms with Crippen LogP contribution in [0.5, 0.6) is 0 Å². The van der Waals surface area contributed by atoms with Gasteiger partial charge in [-0.25, -0.2) is 0 Å². The molecule has 0 fully saturated rings. The first-order valence-corrected chi connectivity index (χ1v) is 3.44. The minimum absolute atomic E-state index is 0.0653. The first-order chi connectivity index (χ1) is 6.31. The van der Waals surface area contributed by atoms with Crippen molar-refractivity contribution < 1.29 is 5.21 Å². The Labute approximate surface area is 75.0 Å². The molecule has 13 heavy (non-hydrogen) atoms. The maximum absolute atomic E-state index is 8.50. The highest BCUT2D eigenvalue weighted by Crippen LogP contribution is 2.04. The number of hydrogen-bond donors (Lipinski definition) is 1. The lowest BCUT2D eigenvalue weighted by molar-refractivity contribution is 0.320. The molecular weight excluding hydrogens is 166 g/mol. The van der Waals surface area contributed by atoms with Crippen LogP contribution in [0.4, 0.5) is 0 Å². The maximum atomic E-state index is 8.50. The van der Waals surface area contributed by atoms with Gasteiger partial charge in [-0.3, -0.25) is 0 Å². The van der Waals surface area contributed by atoms with Crippen molar-refractivity contribution in [1.29, 1.82) is 10.5 Å². The summed E-state index contributed by atoms with van der Waals surface area (Å²) in [5.41, 5.74) is 0.924. The molecule has 1 aromatic rings. The molecule has 0 aliphatic heterocycles. The second-order valence-corrected chi connectivity index (χ2v) is 2.25. The van der Waals surface area contributed by atoms with Gasteiger partial charge in [0.2, 0.25) is 0 Å². The molecule has 0 aliphatic rings. The van der Waals surface area contributed by atoms with Gasteiger partial charge < -0.3 is 5.21 Å². The summed E-state index contributed by atoms with van der Waals surface area (Å²) in [6.45, 7) is 0. The summed E-state index contributed by atoms with van der Waals surface area (Å²) in [5, 5.41) is 28.2. The Bertz CT molecular complexity index is 406. The average Bonchev–Trinajstić information content (AvgIpc) is 2.21. The molecule has 1 aromatic carbocycles. The van der Waals surface area contributed by atoms with Crippen LogP contribution in [0.1, 0.15) is 11.1 Å². The van der Waals surface area contributed by atoms with E-state index >= 15 is 0 Å². The van der Waals surface area contributed by atoms with E-state index in [-0.39, 0.29) is 5.71 Å². The molecule has 0 saturated carbocycles. The van der Waals surface area contributed by atoms with Gasteiger partial charge in [0.1, 0.15) is 6.07 Å². The molecule has 0 spiro atoms. The first-order valence-electron chi connectivity index (χ1n) is 3.44. The lowest BCUT2D eigenvalue weighted by atomic mass is 10.1. The van der Waals surface area contributed by atoms with Crippen molar-refractivity contribution in [2.75, 3.05) is 0 Å². The lowest BCUT2D eigenvalue weighted by Crippen LogP contribution is -1.96. The topological polar surface area (TPSA) is 80.2 Å². The van der Waals surface area contributed by atoms with Crippen molar-refractivity contribution in [1.82, 2.24) is 0 Å². The van der Waals surface area contributed by atoms with Crippen molar-refractivity contribution >= 4 is 5.71 Å². The highest BCUT2D eigenvalue weighted by Gasteiger charge is 2.01. The van der Waals surface area contributed by atoms with Gasteiger partial charge in [0.05, 0.1) is 11.6 Å². The van der Waals surface area contributed by atoms with Crippen molar-refractivity contribution in [2.24, 2.45) is 5.16 Å². The van der Waals surface area contributed by atoms with E-state index in [1.54, 1.807) is 30.3 Å². The molecule has 0 unspecified atom stereocenters. The van der Waals surface area contributed by atoms with E-state index in [0.717, 1.165) is 0 Å². The van der Waals surface area contributed by atoms with Crippen LogP contribution in [0, 0.1) is 22.7 Å². The molecule has 0 heterocycles. The Morgan fingerprint density at radius 2 is 1.85 bits per heavy atom. The number of oxime groups is 1.